The van der Waals surface area contributed by atoms with E-state index in [0.717, 1.165) is 10.9 Å². The summed E-state index contributed by atoms with van der Waals surface area (Å²) >= 11 is 9.16. The molecule has 0 atom stereocenters. The summed E-state index contributed by atoms with van der Waals surface area (Å²) in [6, 6.07) is 5.83. The van der Waals surface area contributed by atoms with Crippen molar-refractivity contribution in [2.24, 2.45) is 0 Å². The zero-order valence-corrected chi connectivity index (χ0v) is 9.97. The van der Waals surface area contributed by atoms with E-state index in [-0.39, 0.29) is 5.75 Å². The Morgan fingerprint density at radius 3 is 2.86 bits per heavy atom. The fraction of sp³-hybridized carbons (Fsp3) is 0.200. The summed E-state index contributed by atoms with van der Waals surface area (Å²) in [5.41, 5.74) is 0.800. The Kier molecular flexibility index (Phi) is 2.91. The predicted molar refractivity (Wildman–Crippen MR) is 64.8 cm³/mol. The van der Waals surface area contributed by atoms with Crippen molar-refractivity contribution in [3.63, 3.8) is 0 Å². The number of thiophene rings is 1. The highest BCUT2D eigenvalue weighted by Gasteiger charge is 2.06. The second kappa shape index (κ2) is 4.01. The van der Waals surface area contributed by atoms with E-state index < -0.39 is 0 Å². The van der Waals surface area contributed by atoms with Crippen LogP contribution < -0.4 is 0 Å². The first-order valence-corrected chi connectivity index (χ1v) is 6.67. The zero-order chi connectivity index (χ0) is 10.1. The molecule has 0 aliphatic heterocycles. The molecule has 0 spiro atoms. The predicted octanol–water partition coefficient (Wildman–Crippen LogP) is 4.07. The number of rotatable bonds is 2. The molecule has 0 amide bonds. The number of hydrogen-bond donors (Lipinski definition) is 1. The summed E-state index contributed by atoms with van der Waals surface area (Å²) in [5.74, 6) is 0.645. The van der Waals surface area contributed by atoms with Crippen LogP contribution in [0.3, 0.4) is 0 Å². The smallest absolute Gasteiger partial charge is 0.120 e. The number of fused-ring (bicyclic) bond motifs is 1. The second-order valence-electron chi connectivity index (χ2n) is 2.92. The summed E-state index contributed by atoms with van der Waals surface area (Å²) in [7, 11) is 0. The Morgan fingerprint density at radius 1 is 1.43 bits per heavy atom. The van der Waals surface area contributed by atoms with E-state index >= 15 is 0 Å². The molecule has 2 rings (SSSR count). The van der Waals surface area contributed by atoms with E-state index in [4.69, 9.17) is 11.6 Å². The topological polar surface area (TPSA) is 20.2 Å². The first-order valence-electron chi connectivity index (χ1n) is 4.10. The van der Waals surface area contributed by atoms with Gasteiger partial charge in [-0.25, -0.2) is 0 Å². The first kappa shape index (κ1) is 10.1. The molecule has 1 heterocycles. The number of aromatic hydroxyl groups is 1. The van der Waals surface area contributed by atoms with Gasteiger partial charge in [0.1, 0.15) is 5.75 Å². The Hall–Kier alpha value is -0.380. The lowest BCUT2D eigenvalue weighted by Gasteiger charge is -1.99. The highest BCUT2D eigenvalue weighted by molar-refractivity contribution is 8.00. The van der Waals surface area contributed by atoms with Crippen molar-refractivity contribution in [2.45, 2.75) is 10.1 Å². The number of phenols is 1. The summed E-state index contributed by atoms with van der Waals surface area (Å²) in [4.78, 5) is 0. The molecule has 1 nitrogen and oxygen atoms in total. The monoisotopic (exact) mass is 244 g/mol. The van der Waals surface area contributed by atoms with Gasteiger partial charge in [0.15, 0.2) is 0 Å². The third-order valence-electron chi connectivity index (χ3n) is 2.04. The van der Waals surface area contributed by atoms with Gasteiger partial charge in [0.25, 0.3) is 0 Å². The molecule has 0 saturated carbocycles. The van der Waals surface area contributed by atoms with E-state index in [2.05, 4.69) is 6.07 Å². The van der Waals surface area contributed by atoms with Crippen LogP contribution in [0.1, 0.15) is 5.56 Å². The fourth-order valence-corrected chi connectivity index (χ4v) is 3.20. The van der Waals surface area contributed by atoms with Crippen molar-refractivity contribution in [3.8, 4) is 5.75 Å². The molecule has 0 aliphatic rings. The minimum Gasteiger partial charge on any atom is -0.508 e. The Labute approximate surface area is 95.7 Å². The number of benzene rings is 1. The van der Waals surface area contributed by atoms with E-state index in [1.165, 1.54) is 8.91 Å². The molecule has 2 aromatic rings. The molecule has 0 unspecified atom stereocenters. The highest BCUT2D eigenvalue weighted by atomic mass is 35.5. The van der Waals surface area contributed by atoms with Crippen LogP contribution in [0.4, 0.5) is 0 Å². The minimum absolute atomic E-state index is 0.290. The van der Waals surface area contributed by atoms with Crippen LogP contribution in [0.5, 0.6) is 5.75 Å². The van der Waals surface area contributed by atoms with E-state index in [1.54, 1.807) is 29.2 Å². The van der Waals surface area contributed by atoms with Gasteiger partial charge in [0.2, 0.25) is 0 Å². The van der Waals surface area contributed by atoms with Gasteiger partial charge < -0.3 is 5.11 Å². The van der Waals surface area contributed by atoms with Gasteiger partial charge in [-0.15, -0.1) is 34.7 Å². The lowest BCUT2D eigenvalue weighted by Crippen LogP contribution is -1.77. The largest absolute Gasteiger partial charge is 0.508 e. The molecule has 1 aromatic heterocycles. The summed E-state index contributed by atoms with van der Waals surface area (Å²) < 4.78 is 2.44. The summed E-state index contributed by atoms with van der Waals surface area (Å²) in [5, 5.41) is 10.7. The molecule has 0 aliphatic carbocycles. The number of thioether (sulfide) groups is 1. The lowest BCUT2D eigenvalue weighted by atomic mass is 10.2. The number of halogens is 1. The molecule has 1 aromatic carbocycles. The van der Waals surface area contributed by atoms with E-state index in [0.29, 0.717) is 5.88 Å². The summed E-state index contributed by atoms with van der Waals surface area (Å²) in [6.45, 7) is 0. The molecule has 0 bridgehead atoms. The van der Waals surface area contributed by atoms with Crippen LogP contribution in [0.15, 0.2) is 22.4 Å². The van der Waals surface area contributed by atoms with Crippen molar-refractivity contribution in [3.05, 3.63) is 23.8 Å². The Bertz CT molecular complexity index is 464. The molecule has 74 valence electrons. The van der Waals surface area contributed by atoms with Crippen molar-refractivity contribution >= 4 is 44.8 Å². The standard InChI is InChI=1S/C10H9ClOS2/c1-13-10-4-6-2-8(12)7(5-11)3-9(6)14-10/h2-4,12H,5H2,1H3. The number of phenolic OH excluding ortho intramolecular Hbond substituents is 1. The van der Waals surface area contributed by atoms with E-state index in [1.807, 2.05) is 12.3 Å². The highest BCUT2D eigenvalue weighted by Crippen LogP contribution is 2.35. The fourth-order valence-electron chi connectivity index (χ4n) is 1.30. The molecular formula is C10H9ClOS2. The molecule has 0 radical (unpaired) electrons. The SMILES string of the molecule is CSc1cc2cc(O)c(CCl)cc2s1. The van der Waals surface area contributed by atoms with Crippen molar-refractivity contribution < 1.29 is 5.11 Å². The third-order valence-corrected chi connectivity index (χ3v) is 4.49. The van der Waals surface area contributed by atoms with Gasteiger partial charge in [0.05, 0.1) is 10.1 Å². The zero-order valence-electron chi connectivity index (χ0n) is 7.58. The average Bonchev–Trinajstić information content (AvgIpc) is 2.58. The number of hydrogen-bond acceptors (Lipinski definition) is 3. The molecule has 0 saturated heterocycles. The lowest BCUT2D eigenvalue weighted by molar-refractivity contribution is 0.471. The van der Waals surface area contributed by atoms with Crippen LogP contribution in [0.2, 0.25) is 0 Å². The molecule has 4 heteroatoms. The maximum atomic E-state index is 9.60. The van der Waals surface area contributed by atoms with Crippen LogP contribution >= 0.6 is 34.7 Å². The quantitative estimate of drug-likeness (QED) is 0.635. The van der Waals surface area contributed by atoms with Gasteiger partial charge in [-0.2, -0.15) is 0 Å². The Morgan fingerprint density at radius 2 is 2.21 bits per heavy atom. The average molecular weight is 245 g/mol. The van der Waals surface area contributed by atoms with Crippen molar-refractivity contribution in [1.29, 1.82) is 0 Å². The van der Waals surface area contributed by atoms with Crippen LogP contribution in [-0.2, 0) is 5.88 Å². The molecule has 14 heavy (non-hydrogen) atoms. The van der Waals surface area contributed by atoms with Gasteiger partial charge in [-0.3, -0.25) is 0 Å². The van der Waals surface area contributed by atoms with Gasteiger partial charge in [0, 0.05) is 10.3 Å². The normalized spacial score (nSPS) is 11.0. The first-order chi connectivity index (χ1) is 6.74. The molecular weight excluding hydrogens is 236 g/mol. The maximum Gasteiger partial charge on any atom is 0.120 e. The van der Waals surface area contributed by atoms with E-state index in [9.17, 15) is 5.11 Å². The Balaban J connectivity index is 2.64. The van der Waals surface area contributed by atoms with Gasteiger partial charge >= 0.3 is 0 Å². The third kappa shape index (κ3) is 1.72. The van der Waals surface area contributed by atoms with Gasteiger partial charge in [-0.05, 0) is 29.8 Å². The molecule has 1 N–H and O–H groups in total. The van der Waals surface area contributed by atoms with Crippen LogP contribution in [0, 0.1) is 0 Å². The number of alkyl halides is 1. The van der Waals surface area contributed by atoms with Crippen molar-refractivity contribution in [2.75, 3.05) is 6.26 Å². The maximum absolute atomic E-state index is 9.60. The van der Waals surface area contributed by atoms with Crippen LogP contribution in [0.25, 0.3) is 10.1 Å². The summed E-state index contributed by atoms with van der Waals surface area (Å²) in [6.07, 6.45) is 2.05. The van der Waals surface area contributed by atoms with Crippen molar-refractivity contribution in [1.82, 2.24) is 0 Å². The molecule has 0 fully saturated rings. The van der Waals surface area contributed by atoms with Gasteiger partial charge in [-0.1, -0.05) is 0 Å². The second-order valence-corrected chi connectivity index (χ2v) is 5.38. The van der Waals surface area contributed by atoms with Crippen LogP contribution in [-0.4, -0.2) is 11.4 Å². The minimum atomic E-state index is 0.290.